The van der Waals surface area contributed by atoms with Crippen molar-refractivity contribution < 1.29 is 14.3 Å². The van der Waals surface area contributed by atoms with E-state index in [0.717, 1.165) is 23.2 Å². The average molecular weight is 311 g/mol. The van der Waals surface area contributed by atoms with E-state index in [1.165, 1.54) is 7.11 Å². The van der Waals surface area contributed by atoms with Crippen molar-refractivity contribution in [3.63, 3.8) is 0 Å². The zero-order valence-corrected chi connectivity index (χ0v) is 13.7. The summed E-state index contributed by atoms with van der Waals surface area (Å²) in [6, 6.07) is 13.0. The van der Waals surface area contributed by atoms with Gasteiger partial charge in [-0.15, -0.1) is 0 Å². The van der Waals surface area contributed by atoms with Crippen molar-refractivity contribution in [1.29, 1.82) is 0 Å². The predicted molar refractivity (Wildman–Crippen MR) is 90.7 cm³/mol. The Morgan fingerprint density at radius 1 is 1.04 bits per heavy atom. The first kappa shape index (κ1) is 16.7. The van der Waals surface area contributed by atoms with Gasteiger partial charge in [-0.25, -0.2) is 4.79 Å². The van der Waals surface area contributed by atoms with Crippen molar-refractivity contribution in [2.75, 3.05) is 12.4 Å². The van der Waals surface area contributed by atoms with Crippen molar-refractivity contribution in [3.8, 4) is 0 Å². The second kappa shape index (κ2) is 7.58. The molecular formula is C19H21NO3. The summed E-state index contributed by atoms with van der Waals surface area (Å²) < 4.78 is 4.76. The van der Waals surface area contributed by atoms with Crippen molar-refractivity contribution in [2.24, 2.45) is 0 Å². The van der Waals surface area contributed by atoms with Crippen LogP contribution in [0.25, 0.3) is 0 Å². The van der Waals surface area contributed by atoms with Crippen LogP contribution in [0.5, 0.6) is 0 Å². The van der Waals surface area contributed by atoms with Crippen LogP contribution in [-0.2, 0) is 22.4 Å². The van der Waals surface area contributed by atoms with Crippen LogP contribution in [0.4, 0.5) is 5.69 Å². The van der Waals surface area contributed by atoms with E-state index in [4.69, 9.17) is 4.74 Å². The van der Waals surface area contributed by atoms with Crippen LogP contribution in [0, 0.1) is 6.92 Å². The molecule has 4 nitrogen and oxygen atoms in total. The molecule has 2 aromatic carbocycles. The second-order valence-corrected chi connectivity index (χ2v) is 5.34. The summed E-state index contributed by atoms with van der Waals surface area (Å²) in [7, 11) is 1.33. The number of hydrogen-bond donors (Lipinski definition) is 1. The third-order valence-corrected chi connectivity index (χ3v) is 3.78. The normalized spacial score (nSPS) is 10.2. The average Bonchev–Trinajstić information content (AvgIpc) is 2.56. The highest BCUT2D eigenvalue weighted by molar-refractivity contribution is 5.97. The van der Waals surface area contributed by atoms with Gasteiger partial charge in [0.25, 0.3) is 0 Å². The number of para-hydroxylation sites is 1. The topological polar surface area (TPSA) is 55.4 Å². The van der Waals surface area contributed by atoms with Crippen molar-refractivity contribution in [2.45, 2.75) is 26.7 Å². The fraction of sp³-hybridized carbons (Fsp3) is 0.263. The number of benzene rings is 2. The molecule has 0 fully saturated rings. The summed E-state index contributed by atoms with van der Waals surface area (Å²) >= 11 is 0. The maximum absolute atomic E-state index is 12.4. The molecule has 0 radical (unpaired) electrons. The Bertz CT molecular complexity index is 722. The molecule has 0 bridgehead atoms. The van der Waals surface area contributed by atoms with Crippen LogP contribution >= 0.6 is 0 Å². The quantitative estimate of drug-likeness (QED) is 0.860. The Labute approximate surface area is 136 Å². The predicted octanol–water partition coefficient (Wildman–Crippen LogP) is 3.53. The maximum atomic E-state index is 12.4. The van der Waals surface area contributed by atoms with Crippen LogP contribution in [0.15, 0.2) is 42.5 Å². The fourth-order valence-electron chi connectivity index (χ4n) is 2.54. The van der Waals surface area contributed by atoms with Crippen molar-refractivity contribution in [1.82, 2.24) is 0 Å². The fourth-order valence-corrected chi connectivity index (χ4v) is 2.54. The van der Waals surface area contributed by atoms with E-state index in [2.05, 4.69) is 12.2 Å². The number of ether oxygens (including phenoxy) is 1. The zero-order chi connectivity index (χ0) is 16.8. The number of methoxy groups -OCH3 is 1. The number of esters is 1. The van der Waals surface area contributed by atoms with Crippen molar-refractivity contribution >= 4 is 17.6 Å². The molecule has 0 aliphatic heterocycles. The third-order valence-electron chi connectivity index (χ3n) is 3.78. The molecule has 2 aromatic rings. The van der Waals surface area contributed by atoms with E-state index in [1.54, 1.807) is 24.3 Å². The standard InChI is InChI=1S/C19H21NO3/c1-4-14-10-7-8-13(2)18(14)20-17(21)12-15-9-5-6-11-16(15)19(22)23-3/h5-11H,4,12H2,1-3H3,(H,20,21). The summed E-state index contributed by atoms with van der Waals surface area (Å²) in [5, 5.41) is 2.97. The van der Waals surface area contributed by atoms with Gasteiger partial charge in [0, 0.05) is 5.69 Å². The highest BCUT2D eigenvalue weighted by Gasteiger charge is 2.15. The second-order valence-electron chi connectivity index (χ2n) is 5.34. The molecule has 0 aromatic heterocycles. The first-order valence-corrected chi connectivity index (χ1v) is 7.61. The monoisotopic (exact) mass is 311 g/mol. The largest absolute Gasteiger partial charge is 0.465 e. The van der Waals surface area contributed by atoms with E-state index in [9.17, 15) is 9.59 Å². The highest BCUT2D eigenvalue weighted by atomic mass is 16.5. The smallest absolute Gasteiger partial charge is 0.338 e. The number of nitrogens with one attached hydrogen (secondary N) is 1. The summed E-state index contributed by atoms with van der Waals surface area (Å²) in [6.07, 6.45) is 0.971. The molecule has 0 heterocycles. The Balaban J connectivity index is 2.20. The Morgan fingerprint density at radius 2 is 1.74 bits per heavy atom. The molecule has 0 saturated heterocycles. The molecule has 0 aliphatic carbocycles. The molecule has 1 N–H and O–H groups in total. The van der Waals surface area contributed by atoms with Gasteiger partial charge in [0.2, 0.25) is 5.91 Å². The van der Waals surface area contributed by atoms with Crippen LogP contribution in [0.3, 0.4) is 0 Å². The highest BCUT2D eigenvalue weighted by Crippen LogP contribution is 2.21. The molecule has 0 aliphatic rings. The Hall–Kier alpha value is -2.62. The lowest BCUT2D eigenvalue weighted by Crippen LogP contribution is -2.18. The lowest BCUT2D eigenvalue weighted by Gasteiger charge is -2.13. The van der Waals surface area contributed by atoms with E-state index in [1.807, 2.05) is 25.1 Å². The minimum Gasteiger partial charge on any atom is -0.465 e. The molecule has 1 amide bonds. The first-order chi connectivity index (χ1) is 11.1. The molecule has 120 valence electrons. The molecular weight excluding hydrogens is 290 g/mol. The van der Waals surface area contributed by atoms with Crippen LogP contribution in [0.1, 0.15) is 34.0 Å². The Morgan fingerprint density at radius 3 is 2.43 bits per heavy atom. The Kier molecular flexibility index (Phi) is 5.52. The lowest BCUT2D eigenvalue weighted by molar-refractivity contribution is -0.115. The molecule has 23 heavy (non-hydrogen) atoms. The minimum atomic E-state index is -0.432. The number of amides is 1. The third kappa shape index (κ3) is 3.97. The number of rotatable bonds is 5. The van der Waals surface area contributed by atoms with Gasteiger partial charge in [-0.1, -0.05) is 43.3 Å². The number of anilines is 1. The lowest BCUT2D eigenvalue weighted by atomic mass is 10.0. The number of carbonyl (C=O) groups is 2. The summed E-state index contributed by atoms with van der Waals surface area (Å²) in [5.74, 6) is -0.580. The van der Waals surface area contributed by atoms with Gasteiger partial charge in [0.1, 0.15) is 0 Å². The first-order valence-electron chi connectivity index (χ1n) is 7.61. The van der Waals surface area contributed by atoms with Crippen LogP contribution in [-0.4, -0.2) is 19.0 Å². The van der Waals surface area contributed by atoms with Gasteiger partial charge in [0.15, 0.2) is 0 Å². The molecule has 0 saturated carbocycles. The number of aryl methyl sites for hydroxylation is 2. The summed E-state index contributed by atoms with van der Waals surface area (Å²) in [4.78, 5) is 24.2. The molecule has 0 unspecified atom stereocenters. The molecule has 0 atom stereocenters. The van der Waals surface area contributed by atoms with E-state index in [0.29, 0.717) is 11.1 Å². The maximum Gasteiger partial charge on any atom is 0.338 e. The molecule has 2 rings (SSSR count). The van der Waals surface area contributed by atoms with Gasteiger partial charge in [0.05, 0.1) is 19.1 Å². The van der Waals surface area contributed by atoms with E-state index >= 15 is 0 Å². The minimum absolute atomic E-state index is 0.128. The molecule has 4 heteroatoms. The van der Waals surface area contributed by atoms with E-state index < -0.39 is 5.97 Å². The van der Waals surface area contributed by atoms with Gasteiger partial charge in [-0.3, -0.25) is 4.79 Å². The van der Waals surface area contributed by atoms with Crippen LogP contribution < -0.4 is 5.32 Å². The zero-order valence-electron chi connectivity index (χ0n) is 13.7. The molecule has 0 spiro atoms. The van der Waals surface area contributed by atoms with Gasteiger partial charge in [-0.2, -0.15) is 0 Å². The number of carbonyl (C=O) groups excluding carboxylic acids is 2. The number of hydrogen-bond acceptors (Lipinski definition) is 3. The van der Waals surface area contributed by atoms with Crippen molar-refractivity contribution in [3.05, 3.63) is 64.7 Å². The van der Waals surface area contributed by atoms with Crippen LogP contribution in [0.2, 0.25) is 0 Å². The van der Waals surface area contributed by atoms with Gasteiger partial charge in [-0.05, 0) is 36.1 Å². The SMILES string of the molecule is CCc1cccc(C)c1NC(=O)Cc1ccccc1C(=O)OC. The van der Waals surface area contributed by atoms with E-state index in [-0.39, 0.29) is 12.3 Å². The van der Waals surface area contributed by atoms with Gasteiger partial charge < -0.3 is 10.1 Å². The van der Waals surface area contributed by atoms with Gasteiger partial charge >= 0.3 is 5.97 Å². The summed E-state index contributed by atoms with van der Waals surface area (Å²) in [6.45, 7) is 4.02. The summed E-state index contributed by atoms with van der Waals surface area (Å²) in [5.41, 5.74) is 4.06.